The predicted octanol–water partition coefficient (Wildman–Crippen LogP) is 3.86. The second-order valence-corrected chi connectivity index (χ2v) is 8.18. The van der Waals surface area contributed by atoms with E-state index in [2.05, 4.69) is 17.2 Å². The van der Waals surface area contributed by atoms with Crippen molar-refractivity contribution in [3.63, 3.8) is 0 Å². The smallest absolute Gasteiger partial charge is 0.267 e. The van der Waals surface area contributed by atoms with Gasteiger partial charge in [0.25, 0.3) is 11.5 Å². The van der Waals surface area contributed by atoms with Gasteiger partial charge in [-0.25, -0.2) is 4.98 Å². The van der Waals surface area contributed by atoms with Crippen LogP contribution < -0.4 is 16.4 Å². The van der Waals surface area contributed by atoms with E-state index < -0.39 is 0 Å². The van der Waals surface area contributed by atoms with Crippen molar-refractivity contribution in [1.29, 1.82) is 5.41 Å². The molecule has 4 rings (SSSR count). The molecule has 2 N–H and O–H groups in total. The minimum atomic E-state index is -0.360. The SMILES string of the molecule is CCCCCCCCNC(=O)c1cc2c(=O)n3ccccc3nc2n(Cc2ccco2)c1=N. The Bertz CT molecular complexity index is 1370. The molecule has 0 aromatic carbocycles. The fourth-order valence-corrected chi connectivity index (χ4v) is 3.97. The van der Waals surface area contributed by atoms with Crippen LogP contribution in [0.5, 0.6) is 0 Å². The maximum atomic E-state index is 13.2. The molecule has 8 heteroatoms. The first kappa shape index (κ1) is 22.5. The topological polar surface area (TPSA) is 105 Å². The molecule has 1 amide bonds. The molecule has 0 atom stereocenters. The molecule has 0 saturated heterocycles. The molecule has 0 fully saturated rings. The van der Waals surface area contributed by atoms with Crippen LogP contribution in [0.4, 0.5) is 0 Å². The van der Waals surface area contributed by atoms with Gasteiger partial charge in [-0.15, -0.1) is 0 Å². The monoisotopic (exact) mass is 447 g/mol. The first-order valence-corrected chi connectivity index (χ1v) is 11.5. The fourth-order valence-electron chi connectivity index (χ4n) is 3.97. The summed E-state index contributed by atoms with van der Waals surface area (Å²) in [6, 6.07) is 10.3. The third kappa shape index (κ3) is 4.89. The number of carbonyl (C=O) groups excluding carboxylic acids is 1. The molecule has 172 valence electrons. The van der Waals surface area contributed by atoms with E-state index in [9.17, 15) is 9.59 Å². The first-order chi connectivity index (χ1) is 16.1. The average molecular weight is 448 g/mol. The summed E-state index contributed by atoms with van der Waals surface area (Å²) in [6.07, 6.45) is 9.95. The van der Waals surface area contributed by atoms with Crippen molar-refractivity contribution in [2.45, 2.75) is 52.0 Å². The van der Waals surface area contributed by atoms with E-state index in [1.54, 1.807) is 47.4 Å². The van der Waals surface area contributed by atoms with Crippen molar-refractivity contribution >= 4 is 22.6 Å². The van der Waals surface area contributed by atoms with Gasteiger partial charge in [0.15, 0.2) is 0 Å². The zero-order chi connectivity index (χ0) is 23.2. The quantitative estimate of drug-likeness (QED) is 0.284. The Hall–Kier alpha value is -3.68. The molecule has 0 spiro atoms. The fraction of sp³-hybridized carbons (Fsp3) is 0.360. The van der Waals surface area contributed by atoms with Gasteiger partial charge in [0.1, 0.15) is 22.5 Å². The molecule has 0 aliphatic heterocycles. The maximum Gasteiger partial charge on any atom is 0.267 e. The molecule has 4 aromatic heterocycles. The van der Waals surface area contributed by atoms with Crippen LogP contribution in [0.1, 0.15) is 61.6 Å². The number of unbranched alkanes of at least 4 members (excludes halogenated alkanes) is 5. The Balaban J connectivity index is 1.69. The van der Waals surface area contributed by atoms with Crippen LogP contribution in [0.25, 0.3) is 16.7 Å². The number of hydrogen-bond donors (Lipinski definition) is 2. The Morgan fingerprint density at radius 1 is 1.12 bits per heavy atom. The van der Waals surface area contributed by atoms with Crippen LogP contribution in [-0.4, -0.2) is 26.4 Å². The lowest BCUT2D eigenvalue weighted by Crippen LogP contribution is -2.35. The van der Waals surface area contributed by atoms with Crippen LogP contribution in [0.3, 0.4) is 0 Å². The standard InChI is InChI=1S/C25H29N5O3/c1-2-3-4-5-6-8-13-27-24(31)19-16-20-23(28-21-12-7-9-14-29(21)25(20)32)30(22(19)26)17-18-11-10-15-33-18/h7,9-12,14-16,26H,2-6,8,13,17H2,1H3,(H,27,31). The maximum absolute atomic E-state index is 13.2. The van der Waals surface area contributed by atoms with Crippen LogP contribution >= 0.6 is 0 Å². The largest absolute Gasteiger partial charge is 0.467 e. The lowest BCUT2D eigenvalue weighted by atomic mass is 10.1. The Kier molecular flexibility index (Phi) is 7.02. The lowest BCUT2D eigenvalue weighted by Gasteiger charge is -2.14. The second kappa shape index (κ2) is 10.3. The molecule has 0 radical (unpaired) electrons. The van der Waals surface area contributed by atoms with Crippen molar-refractivity contribution in [1.82, 2.24) is 19.3 Å². The number of rotatable bonds is 10. The molecular weight excluding hydrogens is 418 g/mol. The van der Waals surface area contributed by atoms with Crippen molar-refractivity contribution < 1.29 is 9.21 Å². The number of hydrogen-bond acceptors (Lipinski definition) is 5. The Labute approximate surface area is 191 Å². The van der Waals surface area contributed by atoms with Crippen LogP contribution in [0.2, 0.25) is 0 Å². The number of nitrogens with one attached hydrogen (secondary N) is 2. The van der Waals surface area contributed by atoms with Gasteiger partial charge in [0.2, 0.25) is 0 Å². The molecule has 0 saturated carbocycles. The molecule has 4 heterocycles. The number of amides is 1. The molecule has 0 aliphatic rings. The first-order valence-electron chi connectivity index (χ1n) is 11.5. The van der Waals surface area contributed by atoms with Gasteiger partial charge < -0.3 is 14.3 Å². The summed E-state index contributed by atoms with van der Waals surface area (Å²) in [5, 5.41) is 11.9. The summed E-state index contributed by atoms with van der Waals surface area (Å²) < 4.78 is 8.47. The average Bonchev–Trinajstić information content (AvgIpc) is 3.34. The summed E-state index contributed by atoms with van der Waals surface area (Å²) in [6.45, 7) is 2.91. The van der Waals surface area contributed by atoms with E-state index in [1.165, 1.54) is 29.7 Å². The number of aromatic nitrogens is 3. The normalized spacial score (nSPS) is 11.3. The lowest BCUT2D eigenvalue weighted by molar-refractivity contribution is 0.0950. The summed E-state index contributed by atoms with van der Waals surface area (Å²) in [4.78, 5) is 30.8. The summed E-state index contributed by atoms with van der Waals surface area (Å²) >= 11 is 0. The van der Waals surface area contributed by atoms with Crippen molar-refractivity contribution in [3.05, 3.63) is 76.0 Å². The molecule has 33 heavy (non-hydrogen) atoms. The third-order valence-corrected chi connectivity index (χ3v) is 5.77. The van der Waals surface area contributed by atoms with E-state index >= 15 is 0 Å². The molecule has 0 aliphatic carbocycles. The molecule has 4 aromatic rings. The van der Waals surface area contributed by atoms with Gasteiger partial charge in [-0.3, -0.25) is 19.4 Å². The van der Waals surface area contributed by atoms with Crippen molar-refractivity contribution in [3.8, 4) is 0 Å². The third-order valence-electron chi connectivity index (χ3n) is 5.77. The van der Waals surface area contributed by atoms with Gasteiger partial charge in [-0.2, -0.15) is 0 Å². The van der Waals surface area contributed by atoms with Crippen LogP contribution in [0, 0.1) is 5.41 Å². The number of nitrogens with zero attached hydrogens (tertiary/aromatic N) is 3. The van der Waals surface area contributed by atoms with E-state index in [0.717, 1.165) is 19.3 Å². The number of carbonyl (C=O) groups is 1. The number of furan rings is 1. The minimum absolute atomic E-state index is 0.00785. The van der Waals surface area contributed by atoms with E-state index in [-0.39, 0.29) is 34.4 Å². The zero-order valence-electron chi connectivity index (χ0n) is 18.8. The zero-order valence-corrected chi connectivity index (χ0v) is 18.8. The predicted molar refractivity (Wildman–Crippen MR) is 126 cm³/mol. The Morgan fingerprint density at radius 3 is 2.73 bits per heavy atom. The number of pyridine rings is 2. The van der Waals surface area contributed by atoms with Crippen molar-refractivity contribution in [2.75, 3.05) is 6.54 Å². The van der Waals surface area contributed by atoms with Gasteiger partial charge in [0, 0.05) is 12.7 Å². The second-order valence-electron chi connectivity index (χ2n) is 8.18. The highest BCUT2D eigenvalue weighted by Gasteiger charge is 2.18. The van der Waals surface area contributed by atoms with Gasteiger partial charge in [0.05, 0.1) is 23.8 Å². The summed E-state index contributed by atoms with van der Waals surface area (Å²) in [5.41, 5.74) is 0.679. The highest BCUT2D eigenvalue weighted by atomic mass is 16.3. The Morgan fingerprint density at radius 2 is 1.94 bits per heavy atom. The van der Waals surface area contributed by atoms with E-state index in [0.29, 0.717) is 23.6 Å². The highest BCUT2D eigenvalue weighted by molar-refractivity contribution is 5.96. The van der Waals surface area contributed by atoms with Crippen LogP contribution in [0.15, 0.2) is 58.1 Å². The van der Waals surface area contributed by atoms with E-state index in [1.807, 2.05) is 0 Å². The minimum Gasteiger partial charge on any atom is -0.467 e. The molecule has 0 unspecified atom stereocenters. The summed E-state index contributed by atoms with van der Waals surface area (Å²) in [5.74, 6) is 0.246. The van der Waals surface area contributed by atoms with E-state index in [4.69, 9.17) is 9.83 Å². The molecule has 0 bridgehead atoms. The van der Waals surface area contributed by atoms with Crippen LogP contribution in [-0.2, 0) is 6.54 Å². The van der Waals surface area contributed by atoms with Gasteiger partial charge >= 0.3 is 0 Å². The van der Waals surface area contributed by atoms with Gasteiger partial charge in [-0.1, -0.05) is 45.1 Å². The van der Waals surface area contributed by atoms with Crippen molar-refractivity contribution in [2.24, 2.45) is 0 Å². The summed E-state index contributed by atoms with van der Waals surface area (Å²) in [7, 11) is 0. The molecule has 8 nitrogen and oxygen atoms in total. The van der Waals surface area contributed by atoms with Gasteiger partial charge in [-0.05, 0) is 36.8 Å². The number of fused-ring (bicyclic) bond motifs is 2. The highest BCUT2D eigenvalue weighted by Crippen LogP contribution is 2.13. The molecular formula is C25H29N5O3.